The largest absolute Gasteiger partial charge is 0.393 e. The third-order valence-corrected chi connectivity index (χ3v) is 3.27. The normalized spacial score (nSPS) is 16.7. The van der Waals surface area contributed by atoms with Crippen molar-refractivity contribution in [3.63, 3.8) is 0 Å². The van der Waals surface area contributed by atoms with Crippen LogP contribution < -0.4 is 22.1 Å². The van der Waals surface area contributed by atoms with Gasteiger partial charge in [0.2, 0.25) is 5.96 Å². The van der Waals surface area contributed by atoms with Gasteiger partial charge in [0.25, 0.3) is 0 Å². The monoisotopic (exact) mass is 312 g/mol. The fourth-order valence-electron chi connectivity index (χ4n) is 2.30. The van der Waals surface area contributed by atoms with Crippen LogP contribution in [0.25, 0.3) is 0 Å². The number of aliphatic hydroxyl groups is 1. The Labute approximate surface area is 126 Å². The molecule has 9 heteroatoms. The van der Waals surface area contributed by atoms with Crippen LogP contribution in [0.2, 0.25) is 0 Å². The van der Waals surface area contributed by atoms with E-state index in [1.54, 1.807) is 4.90 Å². The zero-order valence-corrected chi connectivity index (χ0v) is 11.8. The number of aliphatic imine (C=N–C) groups is 2. The lowest BCUT2D eigenvalue weighted by Crippen LogP contribution is -2.36. The van der Waals surface area contributed by atoms with Gasteiger partial charge in [-0.3, -0.25) is 0 Å². The first-order valence-electron chi connectivity index (χ1n) is 6.72. The molecule has 1 fully saturated rings. The SMILES string of the molecule is NC(N)=NC(N)=Nc1cc(F)c(N2CCC(O)CC2)c(F)c1. The summed E-state index contributed by atoms with van der Waals surface area (Å²) in [5.41, 5.74) is 15.5. The standard InChI is InChI=1S/C13H18F2N6O/c14-9-5-7(19-13(18)20-12(16)17)6-10(15)11(9)21-3-1-8(22)2-4-21/h5-6,8,22H,1-4H2,(H6,16,17,18,19,20). The molecule has 0 aromatic heterocycles. The van der Waals surface area contributed by atoms with E-state index >= 15 is 0 Å². The number of rotatable bonds is 2. The summed E-state index contributed by atoms with van der Waals surface area (Å²) >= 11 is 0. The van der Waals surface area contributed by atoms with Crippen molar-refractivity contribution in [3.8, 4) is 0 Å². The number of guanidine groups is 2. The van der Waals surface area contributed by atoms with E-state index in [0.29, 0.717) is 25.9 Å². The summed E-state index contributed by atoms with van der Waals surface area (Å²) in [5.74, 6) is -2.11. The van der Waals surface area contributed by atoms with Gasteiger partial charge in [-0.2, -0.15) is 4.99 Å². The quantitative estimate of drug-likeness (QED) is 0.456. The molecule has 1 saturated heterocycles. The van der Waals surface area contributed by atoms with E-state index in [9.17, 15) is 13.9 Å². The van der Waals surface area contributed by atoms with Gasteiger partial charge in [0.1, 0.15) is 5.69 Å². The average molecular weight is 312 g/mol. The fourth-order valence-corrected chi connectivity index (χ4v) is 2.30. The Bertz CT molecular complexity index is 584. The van der Waals surface area contributed by atoms with Crippen molar-refractivity contribution >= 4 is 23.3 Å². The number of aliphatic hydroxyl groups excluding tert-OH is 1. The molecule has 2 rings (SSSR count). The van der Waals surface area contributed by atoms with Gasteiger partial charge >= 0.3 is 0 Å². The van der Waals surface area contributed by atoms with Gasteiger partial charge in [-0.25, -0.2) is 13.8 Å². The molecule has 120 valence electrons. The molecule has 22 heavy (non-hydrogen) atoms. The van der Waals surface area contributed by atoms with Crippen LogP contribution in [0.1, 0.15) is 12.8 Å². The van der Waals surface area contributed by atoms with Crippen molar-refractivity contribution in [2.45, 2.75) is 18.9 Å². The zero-order chi connectivity index (χ0) is 16.3. The Morgan fingerprint density at radius 1 is 1.14 bits per heavy atom. The maximum atomic E-state index is 14.2. The number of halogens is 2. The van der Waals surface area contributed by atoms with Crippen LogP contribution in [-0.2, 0) is 0 Å². The molecular formula is C13H18F2N6O. The van der Waals surface area contributed by atoms with Crippen LogP contribution in [0.15, 0.2) is 22.1 Å². The molecule has 1 aliphatic rings. The fraction of sp³-hybridized carbons (Fsp3) is 0.385. The van der Waals surface area contributed by atoms with Gasteiger partial charge in [0.05, 0.1) is 11.8 Å². The topological polar surface area (TPSA) is 126 Å². The highest BCUT2D eigenvalue weighted by Crippen LogP contribution is 2.30. The number of piperidine rings is 1. The van der Waals surface area contributed by atoms with Crippen LogP contribution in [0.4, 0.5) is 20.2 Å². The number of benzene rings is 1. The third-order valence-electron chi connectivity index (χ3n) is 3.27. The summed E-state index contributed by atoms with van der Waals surface area (Å²) in [4.78, 5) is 8.76. The van der Waals surface area contributed by atoms with Crippen LogP contribution in [0, 0.1) is 11.6 Å². The summed E-state index contributed by atoms with van der Waals surface area (Å²) < 4.78 is 28.3. The first-order valence-corrected chi connectivity index (χ1v) is 6.72. The summed E-state index contributed by atoms with van der Waals surface area (Å²) in [6.07, 6.45) is 0.512. The molecule has 0 saturated carbocycles. The number of hydrogen-bond acceptors (Lipinski definition) is 3. The maximum Gasteiger partial charge on any atom is 0.223 e. The molecule has 1 aromatic rings. The molecule has 1 heterocycles. The van der Waals surface area contributed by atoms with Gasteiger partial charge in [0.15, 0.2) is 17.6 Å². The Morgan fingerprint density at radius 3 is 2.18 bits per heavy atom. The van der Waals surface area contributed by atoms with Crippen molar-refractivity contribution < 1.29 is 13.9 Å². The molecule has 1 aromatic carbocycles. The molecule has 0 bridgehead atoms. The van der Waals surface area contributed by atoms with E-state index in [0.717, 1.165) is 12.1 Å². The number of nitrogens with two attached hydrogens (primary N) is 3. The minimum Gasteiger partial charge on any atom is -0.393 e. The van der Waals surface area contributed by atoms with E-state index in [2.05, 4.69) is 9.98 Å². The predicted octanol–water partition coefficient (Wildman–Crippen LogP) is 0.146. The molecule has 0 amide bonds. The lowest BCUT2D eigenvalue weighted by Gasteiger charge is -2.31. The van der Waals surface area contributed by atoms with E-state index in [1.807, 2.05) is 0 Å². The Hall–Kier alpha value is -2.42. The van der Waals surface area contributed by atoms with Gasteiger partial charge < -0.3 is 27.2 Å². The molecule has 0 atom stereocenters. The van der Waals surface area contributed by atoms with Crippen LogP contribution in [0.5, 0.6) is 0 Å². The van der Waals surface area contributed by atoms with Crippen LogP contribution in [0.3, 0.4) is 0 Å². The summed E-state index contributed by atoms with van der Waals surface area (Å²) in [5, 5.41) is 9.45. The highest BCUT2D eigenvalue weighted by Gasteiger charge is 2.23. The first kappa shape index (κ1) is 16.0. The Kier molecular flexibility index (Phi) is 4.76. The van der Waals surface area contributed by atoms with E-state index in [4.69, 9.17) is 17.2 Å². The zero-order valence-electron chi connectivity index (χ0n) is 11.8. The number of anilines is 1. The van der Waals surface area contributed by atoms with Gasteiger partial charge in [-0.15, -0.1) is 0 Å². The van der Waals surface area contributed by atoms with Crippen molar-refractivity contribution in [2.75, 3.05) is 18.0 Å². The summed E-state index contributed by atoms with van der Waals surface area (Å²) in [6.45, 7) is 0.765. The smallest absolute Gasteiger partial charge is 0.223 e. The van der Waals surface area contributed by atoms with Gasteiger partial charge in [-0.1, -0.05) is 0 Å². The molecule has 7 N–H and O–H groups in total. The highest BCUT2D eigenvalue weighted by molar-refractivity contribution is 5.93. The molecule has 0 unspecified atom stereocenters. The Balaban J connectivity index is 2.27. The van der Waals surface area contributed by atoms with E-state index < -0.39 is 17.7 Å². The summed E-state index contributed by atoms with van der Waals surface area (Å²) in [7, 11) is 0. The van der Waals surface area contributed by atoms with E-state index in [1.165, 1.54) is 0 Å². The lowest BCUT2D eigenvalue weighted by molar-refractivity contribution is 0.145. The number of hydrogen-bond donors (Lipinski definition) is 4. The summed E-state index contributed by atoms with van der Waals surface area (Å²) in [6, 6.07) is 2.11. The Morgan fingerprint density at radius 2 is 1.68 bits per heavy atom. The van der Waals surface area contributed by atoms with Crippen molar-refractivity contribution in [2.24, 2.45) is 27.2 Å². The molecule has 1 aliphatic heterocycles. The molecule has 0 radical (unpaired) electrons. The predicted molar refractivity (Wildman–Crippen MR) is 80.9 cm³/mol. The minimum atomic E-state index is -0.757. The second-order valence-corrected chi connectivity index (χ2v) is 4.98. The molecular weight excluding hydrogens is 294 g/mol. The van der Waals surface area contributed by atoms with Gasteiger partial charge in [0, 0.05) is 25.2 Å². The van der Waals surface area contributed by atoms with Gasteiger partial charge in [-0.05, 0) is 12.8 Å². The number of nitrogens with zero attached hydrogens (tertiary/aromatic N) is 3. The van der Waals surface area contributed by atoms with Crippen molar-refractivity contribution in [1.29, 1.82) is 0 Å². The second-order valence-electron chi connectivity index (χ2n) is 4.98. The molecule has 0 spiro atoms. The third kappa shape index (κ3) is 3.82. The highest BCUT2D eigenvalue weighted by atomic mass is 19.1. The van der Waals surface area contributed by atoms with Crippen molar-refractivity contribution in [1.82, 2.24) is 0 Å². The van der Waals surface area contributed by atoms with Crippen LogP contribution >= 0.6 is 0 Å². The maximum absolute atomic E-state index is 14.2. The molecule has 7 nitrogen and oxygen atoms in total. The average Bonchev–Trinajstić information content (AvgIpc) is 2.39. The second kappa shape index (κ2) is 6.56. The lowest BCUT2D eigenvalue weighted by atomic mass is 10.1. The first-order chi connectivity index (χ1) is 10.4. The molecule has 0 aliphatic carbocycles. The van der Waals surface area contributed by atoms with Crippen molar-refractivity contribution in [3.05, 3.63) is 23.8 Å². The minimum absolute atomic E-state index is 0.0294. The van der Waals surface area contributed by atoms with Crippen LogP contribution in [-0.4, -0.2) is 36.2 Å². The van der Waals surface area contributed by atoms with E-state index in [-0.39, 0.29) is 23.3 Å².